The van der Waals surface area contributed by atoms with E-state index in [2.05, 4.69) is 4.98 Å². The molecule has 0 saturated carbocycles. The van der Waals surface area contributed by atoms with Gasteiger partial charge in [0.1, 0.15) is 5.82 Å². The van der Waals surface area contributed by atoms with Gasteiger partial charge in [-0.05, 0) is 24.3 Å². The average Bonchev–Trinajstić information content (AvgIpc) is 2.74. The molecule has 31 heavy (non-hydrogen) atoms. The van der Waals surface area contributed by atoms with Crippen LogP contribution in [-0.2, 0) is 15.8 Å². The highest BCUT2D eigenvalue weighted by Crippen LogP contribution is 2.29. The van der Waals surface area contributed by atoms with Crippen molar-refractivity contribution in [3.8, 4) is 0 Å². The number of piperazine rings is 1. The van der Waals surface area contributed by atoms with Crippen LogP contribution in [0.1, 0.15) is 12.0 Å². The number of hydrogen-bond acceptors (Lipinski definition) is 5. The standard InChI is InChI=1S/C21H24F3N5O2/c22-21(23,24)16-6-7-19(26-14-16)28-12-10-27(11-13-28)15-20(31)29(9-8-18(25)30)17-4-2-1-3-5-17/h1-7,14H,8-13,15H2,(H2,25,30). The van der Waals surface area contributed by atoms with Crippen LogP contribution in [0.25, 0.3) is 0 Å². The summed E-state index contributed by atoms with van der Waals surface area (Å²) < 4.78 is 38.1. The lowest BCUT2D eigenvalue weighted by molar-refractivity contribution is -0.137. The molecular weight excluding hydrogens is 411 g/mol. The van der Waals surface area contributed by atoms with Gasteiger partial charge < -0.3 is 15.5 Å². The minimum absolute atomic E-state index is 0.0635. The fraction of sp³-hybridized carbons (Fsp3) is 0.381. The van der Waals surface area contributed by atoms with Crippen LogP contribution in [-0.4, -0.2) is 61.0 Å². The Morgan fingerprint density at radius 3 is 2.26 bits per heavy atom. The number of nitrogens with zero attached hydrogens (tertiary/aromatic N) is 4. The summed E-state index contributed by atoms with van der Waals surface area (Å²) >= 11 is 0. The second-order valence-corrected chi connectivity index (χ2v) is 7.26. The van der Waals surface area contributed by atoms with Gasteiger partial charge in [0.15, 0.2) is 0 Å². The fourth-order valence-electron chi connectivity index (χ4n) is 3.38. The zero-order valence-corrected chi connectivity index (χ0v) is 16.9. The molecule has 1 aliphatic heterocycles. The SMILES string of the molecule is NC(=O)CCN(C(=O)CN1CCN(c2ccc(C(F)(F)F)cn2)CC1)c1ccccc1. The van der Waals surface area contributed by atoms with Gasteiger partial charge in [0.05, 0.1) is 12.1 Å². The minimum atomic E-state index is -4.41. The molecule has 3 rings (SSSR count). The third-order valence-electron chi connectivity index (χ3n) is 5.08. The Kier molecular flexibility index (Phi) is 7.11. The first kappa shape index (κ1) is 22.5. The Morgan fingerprint density at radius 1 is 1.03 bits per heavy atom. The van der Waals surface area contributed by atoms with Crippen molar-refractivity contribution in [1.29, 1.82) is 0 Å². The molecule has 2 heterocycles. The van der Waals surface area contributed by atoms with E-state index in [9.17, 15) is 22.8 Å². The van der Waals surface area contributed by atoms with E-state index in [4.69, 9.17) is 5.73 Å². The maximum atomic E-state index is 12.9. The molecule has 0 radical (unpaired) electrons. The van der Waals surface area contributed by atoms with Crippen LogP contribution in [0.2, 0.25) is 0 Å². The number of nitrogens with two attached hydrogens (primary N) is 1. The van der Waals surface area contributed by atoms with Gasteiger partial charge in [0.2, 0.25) is 11.8 Å². The molecule has 0 atom stereocenters. The molecule has 2 N–H and O–H groups in total. The van der Waals surface area contributed by atoms with Crippen molar-refractivity contribution in [2.24, 2.45) is 5.73 Å². The van der Waals surface area contributed by atoms with Crippen LogP contribution in [0.5, 0.6) is 0 Å². The van der Waals surface area contributed by atoms with Crippen LogP contribution in [0.4, 0.5) is 24.7 Å². The normalized spacial score (nSPS) is 15.0. The van der Waals surface area contributed by atoms with E-state index in [0.29, 0.717) is 37.7 Å². The van der Waals surface area contributed by atoms with Crippen molar-refractivity contribution >= 4 is 23.3 Å². The monoisotopic (exact) mass is 435 g/mol. The van der Waals surface area contributed by atoms with Gasteiger partial charge in [-0.25, -0.2) is 4.98 Å². The topological polar surface area (TPSA) is 82.8 Å². The predicted octanol–water partition coefficient (Wildman–Crippen LogP) is 2.13. The predicted molar refractivity (Wildman–Crippen MR) is 110 cm³/mol. The molecule has 166 valence electrons. The van der Waals surface area contributed by atoms with Crippen molar-refractivity contribution in [2.75, 3.05) is 49.1 Å². The van der Waals surface area contributed by atoms with E-state index in [1.165, 1.54) is 6.07 Å². The quantitative estimate of drug-likeness (QED) is 0.721. The fourth-order valence-corrected chi connectivity index (χ4v) is 3.38. The van der Waals surface area contributed by atoms with Gasteiger partial charge in [-0.1, -0.05) is 18.2 Å². The largest absolute Gasteiger partial charge is 0.417 e. The van der Waals surface area contributed by atoms with E-state index in [-0.39, 0.29) is 25.4 Å². The summed E-state index contributed by atoms with van der Waals surface area (Å²) in [7, 11) is 0. The molecule has 7 nitrogen and oxygen atoms in total. The number of aromatic nitrogens is 1. The van der Waals surface area contributed by atoms with E-state index in [0.717, 1.165) is 12.3 Å². The summed E-state index contributed by atoms with van der Waals surface area (Å²) in [5.74, 6) is -0.147. The van der Waals surface area contributed by atoms with Crippen LogP contribution in [0, 0.1) is 0 Å². The first-order valence-corrected chi connectivity index (χ1v) is 9.88. The van der Waals surface area contributed by atoms with Crippen LogP contribution < -0.4 is 15.5 Å². The lowest BCUT2D eigenvalue weighted by Crippen LogP contribution is -2.50. The Morgan fingerprint density at radius 2 is 1.71 bits per heavy atom. The smallest absolute Gasteiger partial charge is 0.370 e. The van der Waals surface area contributed by atoms with Gasteiger partial charge in [0, 0.05) is 51.0 Å². The molecule has 0 aliphatic carbocycles. The maximum Gasteiger partial charge on any atom is 0.417 e. The third kappa shape index (κ3) is 6.17. The van der Waals surface area contributed by atoms with Crippen molar-refractivity contribution in [1.82, 2.24) is 9.88 Å². The molecule has 10 heteroatoms. The molecule has 1 aliphatic rings. The van der Waals surface area contributed by atoms with Gasteiger partial charge in [0.25, 0.3) is 0 Å². The first-order chi connectivity index (χ1) is 14.7. The van der Waals surface area contributed by atoms with E-state index >= 15 is 0 Å². The number of amides is 2. The number of alkyl halides is 3. The zero-order valence-electron chi connectivity index (χ0n) is 16.9. The molecule has 1 aromatic heterocycles. The number of benzene rings is 1. The number of carbonyl (C=O) groups excluding carboxylic acids is 2. The molecule has 0 unspecified atom stereocenters. The second kappa shape index (κ2) is 9.78. The summed E-state index contributed by atoms with van der Waals surface area (Å²) in [6.45, 7) is 2.58. The minimum Gasteiger partial charge on any atom is -0.370 e. The van der Waals surface area contributed by atoms with E-state index in [1.807, 2.05) is 28.0 Å². The van der Waals surface area contributed by atoms with E-state index < -0.39 is 17.6 Å². The highest BCUT2D eigenvalue weighted by molar-refractivity contribution is 5.95. The number of anilines is 2. The Labute approximate surface area is 178 Å². The Balaban J connectivity index is 1.57. The average molecular weight is 435 g/mol. The van der Waals surface area contributed by atoms with Gasteiger partial charge >= 0.3 is 6.18 Å². The number of para-hydroxylation sites is 1. The molecule has 2 amide bonds. The van der Waals surface area contributed by atoms with Crippen molar-refractivity contribution in [3.05, 3.63) is 54.2 Å². The van der Waals surface area contributed by atoms with Crippen molar-refractivity contribution in [3.63, 3.8) is 0 Å². The van der Waals surface area contributed by atoms with Crippen molar-refractivity contribution in [2.45, 2.75) is 12.6 Å². The van der Waals surface area contributed by atoms with Crippen LogP contribution >= 0.6 is 0 Å². The lowest BCUT2D eigenvalue weighted by atomic mass is 10.2. The summed E-state index contributed by atoms with van der Waals surface area (Å²) in [5, 5.41) is 0. The molecule has 0 bridgehead atoms. The second-order valence-electron chi connectivity index (χ2n) is 7.26. The molecule has 1 aromatic carbocycles. The first-order valence-electron chi connectivity index (χ1n) is 9.88. The Hall–Kier alpha value is -3.14. The van der Waals surface area contributed by atoms with Crippen LogP contribution in [0.3, 0.4) is 0 Å². The molecule has 2 aromatic rings. The third-order valence-corrected chi connectivity index (χ3v) is 5.08. The summed E-state index contributed by atoms with van der Waals surface area (Å²) in [6.07, 6.45) is -3.51. The summed E-state index contributed by atoms with van der Waals surface area (Å²) in [5.41, 5.74) is 5.16. The van der Waals surface area contributed by atoms with Crippen molar-refractivity contribution < 1.29 is 22.8 Å². The number of hydrogen-bond donors (Lipinski definition) is 1. The van der Waals surface area contributed by atoms with Gasteiger partial charge in [-0.15, -0.1) is 0 Å². The number of carbonyl (C=O) groups is 2. The van der Waals surface area contributed by atoms with Gasteiger partial charge in [-0.2, -0.15) is 13.2 Å². The molecule has 1 fully saturated rings. The maximum absolute atomic E-state index is 12.9. The summed E-state index contributed by atoms with van der Waals surface area (Å²) in [4.78, 5) is 33.5. The van der Waals surface area contributed by atoms with Crippen LogP contribution in [0.15, 0.2) is 48.7 Å². The van der Waals surface area contributed by atoms with E-state index in [1.54, 1.807) is 17.0 Å². The highest BCUT2D eigenvalue weighted by atomic mass is 19.4. The zero-order chi connectivity index (χ0) is 22.4. The molecule has 1 saturated heterocycles. The highest BCUT2D eigenvalue weighted by Gasteiger charge is 2.31. The number of primary amides is 1. The van der Waals surface area contributed by atoms with Gasteiger partial charge in [-0.3, -0.25) is 14.5 Å². The molecule has 0 spiro atoms. The Bertz CT molecular complexity index is 882. The molecular formula is C21H24F3N5O2. The summed E-state index contributed by atoms with van der Waals surface area (Å²) in [6, 6.07) is 11.5. The lowest BCUT2D eigenvalue weighted by Gasteiger charge is -2.36. The number of halogens is 3. The number of pyridine rings is 1. The number of rotatable bonds is 7.